The van der Waals surface area contributed by atoms with Gasteiger partial charge in [0, 0.05) is 5.56 Å². The van der Waals surface area contributed by atoms with Crippen LogP contribution in [-0.4, -0.2) is 15.2 Å². The second-order valence-electron chi connectivity index (χ2n) is 4.02. The van der Waals surface area contributed by atoms with Crippen molar-refractivity contribution in [3.63, 3.8) is 0 Å². The third-order valence-electron chi connectivity index (χ3n) is 2.53. The molecule has 0 spiro atoms. The fourth-order valence-corrected chi connectivity index (χ4v) is 1.57. The smallest absolute Gasteiger partial charge is 0.258 e. The first-order valence-electron chi connectivity index (χ1n) is 5.69. The molecule has 0 saturated carbocycles. The van der Waals surface area contributed by atoms with Gasteiger partial charge in [0.2, 0.25) is 5.82 Å². The van der Waals surface area contributed by atoms with Gasteiger partial charge >= 0.3 is 0 Å². The summed E-state index contributed by atoms with van der Waals surface area (Å²) in [6.45, 7) is 1.87. The van der Waals surface area contributed by atoms with Crippen LogP contribution >= 0.6 is 0 Å². The summed E-state index contributed by atoms with van der Waals surface area (Å²) in [4.78, 5) is 3.83. The number of hydrogen-bond acceptors (Lipinski definition) is 4. The molecule has 0 amide bonds. The fraction of sp³-hybridized carbons (Fsp3) is 0.333. The SMILES string of the molecule is CCCC(O)c1noc(-c2cc(F)c(F)c(F)c2)n1. The molecule has 0 saturated heterocycles. The minimum Gasteiger partial charge on any atom is -0.385 e. The monoisotopic (exact) mass is 272 g/mol. The van der Waals surface area contributed by atoms with Gasteiger partial charge < -0.3 is 9.63 Å². The molecule has 0 bridgehead atoms. The van der Waals surface area contributed by atoms with Crippen LogP contribution in [-0.2, 0) is 0 Å². The van der Waals surface area contributed by atoms with Crippen molar-refractivity contribution < 1.29 is 22.8 Å². The molecular formula is C12H11F3N2O2. The zero-order chi connectivity index (χ0) is 14.0. The summed E-state index contributed by atoms with van der Waals surface area (Å²) in [7, 11) is 0. The molecule has 0 radical (unpaired) electrons. The van der Waals surface area contributed by atoms with Gasteiger partial charge in [-0.3, -0.25) is 0 Å². The topological polar surface area (TPSA) is 59.2 Å². The first-order chi connectivity index (χ1) is 9.02. The Hall–Kier alpha value is -1.89. The summed E-state index contributed by atoms with van der Waals surface area (Å²) in [5.74, 6) is -4.40. The number of rotatable bonds is 4. The van der Waals surface area contributed by atoms with Crippen molar-refractivity contribution in [1.29, 1.82) is 0 Å². The summed E-state index contributed by atoms with van der Waals surface area (Å²) in [6, 6.07) is 1.50. The van der Waals surface area contributed by atoms with Gasteiger partial charge in [-0.05, 0) is 18.6 Å². The Morgan fingerprint density at radius 1 is 1.26 bits per heavy atom. The van der Waals surface area contributed by atoms with E-state index in [1.54, 1.807) is 0 Å². The predicted molar refractivity (Wildman–Crippen MR) is 59.5 cm³/mol. The van der Waals surface area contributed by atoms with Crippen LogP contribution in [0.25, 0.3) is 11.5 Å². The average molecular weight is 272 g/mol. The molecule has 7 heteroatoms. The van der Waals surface area contributed by atoms with E-state index in [2.05, 4.69) is 10.1 Å². The van der Waals surface area contributed by atoms with Gasteiger partial charge in [-0.15, -0.1) is 0 Å². The normalized spacial score (nSPS) is 12.7. The lowest BCUT2D eigenvalue weighted by Crippen LogP contribution is -1.99. The quantitative estimate of drug-likeness (QED) is 0.869. The largest absolute Gasteiger partial charge is 0.385 e. The van der Waals surface area contributed by atoms with Crippen molar-refractivity contribution in [2.24, 2.45) is 0 Å². The molecule has 0 fully saturated rings. The summed E-state index contributed by atoms with van der Waals surface area (Å²) < 4.78 is 43.7. The van der Waals surface area contributed by atoms with Crippen molar-refractivity contribution in [2.45, 2.75) is 25.9 Å². The molecule has 19 heavy (non-hydrogen) atoms. The van der Waals surface area contributed by atoms with Gasteiger partial charge in [-0.2, -0.15) is 4.98 Å². The maximum absolute atomic E-state index is 13.1. The van der Waals surface area contributed by atoms with E-state index in [0.29, 0.717) is 12.8 Å². The van der Waals surface area contributed by atoms with E-state index >= 15 is 0 Å². The number of halogens is 3. The first kappa shape index (κ1) is 13.5. The molecular weight excluding hydrogens is 261 g/mol. The van der Waals surface area contributed by atoms with Crippen molar-refractivity contribution >= 4 is 0 Å². The summed E-state index contributed by atoms with van der Waals surface area (Å²) >= 11 is 0. The van der Waals surface area contributed by atoms with Crippen LogP contribution < -0.4 is 0 Å². The lowest BCUT2D eigenvalue weighted by molar-refractivity contribution is 0.153. The zero-order valence-corrected chi connectivity index (χ0v) is 10.0. The molecule has 1 unspecified atom stereocenters. The third-order valence-corrected chi connectivity index (χ3v) is 2.53. The van der Waals surface area contributed by atoms with Gasteiger partial charge in [0.25, 0.3) is 5.89 Å². The van der Waals surface area contributed by atoms with Crippen LogP contribution in [0.3, 0.4) is 0 Å². The Kier molecular flexibility index (Phi) is 3.84. The molecule has 0 aliphatic carbocycles. The number of aliphatic hydroxyl groups excluding tert-OH is 1. The molecule has 1 atom stereocenters. The Morgan fingerprint density at radius 3 is 2.47 bits per heavy atom. The van der Waals surface area contributed by atoms with Crippen LogP contribution in [0.15, 0.2) is 16.7 Å². The van der Waals surface area contributed by atoms with Crippen LogP contribution in [0.5, 0.6) is 0 Å². The lowest BCUT2D eigenvalue weighted by Gasteiger charge is -2.01. The summed E-state index contributed by atoms with van der Waals surface area (Å²) in [5.41, 5.74) is -0.0844. The second kappa shape index (κ2) is 5.40. The average Bonchev–Trinajstić information content (AvgIpc) is 2.85. The van der Waals surface area contributed by atoms with Gasteiger partial charge in [-0.1, -0.05) is 18.5 Å². The minimum absolute atomic E-state index is 0.0296. The van der Waals surface area contributed by atoms with Gasteiger partial charge in [0.1, 0.15) is 6.10 Å². The zero-order valence-electron chi connectivity index (χ0n) is 10.0. The molecule has 1 N–H and O–H groups in total. The molecule has 102 valence electrons. The number of benzene rings is 1. The van der Waals surface area contributed by atoms with E-state index in [1.165, 1.54) is 0 Å². The molecule has 2 rings (SSSR count). The van der Waals surface area contributed by atoms with Crippen molar-refractivity contribution in [3.8, 4) is 11.5 Å². The van der Waals surface area contributed by atoms with Gasteiger partial charge in [0.15, 0.2) is 17.5 Å². The van der Waals surface area contributed by atoms with Crippen molar-refractivity contribution in [3.05, 3.63) is 35.4 Å². The maximum Gasteiger partial charge on any atom is 0.258 e. The number of aliphatic hydroxyl groups is 1. The van der Waals surface area contributed by atoms with Crippen molar-refractivity contribution in [2.75, 3.05) is 0 Å². The lowest BCUT2D eigenvalue weighted by atomic mass is 10.2. The van der Waals surface area contributed by atoms with E-state index in [9.17, 15) is 18.3 Å². The predicted octanol–water partition coefficient (Wildman–Crippen LogP) is 2.99. The van der Waals surface area contributed by atoms with E-state index in [0.717, 1.165) is 12.1 Å². The maximum atomic E-state index is 13.1. The van der Waals surface area contributed by atoms with Crippen LogP contribution in [0, 0.1) is 17.5 Å². The molecule has 1 aromatic carbocycles. The highest BCUT2D eigenvalue weighted by atomic mass is 19.2. The number of aromatic nitrogens is 2. The fourth-order valence-electron chi connectivity index (χ4n) is 1.57. The standard InChI is InChI=1S/C12H11F3N2O2/c1-2-3-9(18)11-16-12(19-17-11)6-4-7(13)10(15)8(14)5-6/h4-5,9,18H,2-3H2,1H3. The van der Waals surface area contributed by atoms with E-state index < -0.39 is 23.6 Å². The summed E-state index contributed by atoms with van der Waals surface area (Å²) in [5, 5.41) is 13.2. The molecule has 1 aromatic heterocycles. The van der Waals surface area contributed by atoms with Crippen LogP contribution in [0.4, 0.5) is 13.2 Å². The highest BCUT2D eigenvalue weighted by Crippen LogP contribution is 2.24. The molecule has 2 aromatic rings. The highest BCUT2D eigenvalue weighted by molar-refractivity contribution is 5.53. The Bertz CT molecular complexity index is 563. The Labute approximate surface area is 106 Å². The second-order valence-corrected chi connectivity index (χ2v) is 4.02. The Morgan fingerprint density at radius 2 is 1.89 bits per heavy atom. The third kappa shape index (κ3) is 2.76. The van der Waals surface area contributed by atoms with Crippen LogP contribution in [0.2, 0.25) is 0 Å². The highest BCUT2D eigenvalue weighted by Gasteiger charge is 2.18. The number of nitrogens with zero attached hydrogens (tertiary/aromatic N) is 2. The molecule has 0 aliphatic heterocycles. The van der Waals surface area contributed by atoms with E-state index in [4.69, 9.17) is 4.52 Å². The van der Waals surface area contributed by atoms with Crippen LogP contribution in [0.1, 0.15) is 31.7 Å². The van der Waals surface area contributed by atoms with E-state index in [1.807, 2.05) is 6.92 Å². The van der Waals surface area contributed by atoms with E-state index in [-0.39, 0.29) is 17.3 Å². The van der Waals surface area contributed by atoms with Gasteiger partial charge in [0.05, 0.1) is 0 Å². The Balaban J connectivity index is 2.33. The first-order valence-corrected chi connectivity index (χ1v) is 5.69. The molecule has 4 nitrogen and oxygen atoms in total. The van der Waals surface area contributed by atoms with Gasteiger partial charge in [-0.25, -0.2) is 13.2 Å². The number of hydrogen-bond donors (Lipinski definition) is 1. The summed E-state index contributed by atoms with van der Waals surface area (Å²) in [6.07, 6.45) is 0.244. The molecule has 1 heterocycles. The van der Waals surface area contributed by atoms with Crippen molar-refractivity contribution in [1.82, 2.24) is 10.1 Å². The molecule has 0 aliphatic rings. The minimum atomic E-state index is -1.56.